The molecule has 0 bridgehead atoms. The Labute approximate surface area is 191 Å². The van der Waals surface area contributed by atoms with E-state index in [9.17, 15) is 9.59 Å². The minimum Gasteiger partial charge on any atom is -0.495 e. The van der Waals surface area contributed by atoms with Crippen LogP contribution in [-0.2, 0) is 22.6 Å². The Balaban J connectivity index is 1.92. The third kappa shape index (κ3) is 4.94. The van der Waals surface area contributed by atoms with Crippen molar-refractivity contribution in [2.45, 2.75) is 39.9 Å². The lowest BCUT2D eigenvalue weighted by Gasteiger charge is -2.16. The number of hydrogen-bond donors (Lipinski definition) is 2. The van der Waals surface area contributed by atoms with Crippen LogP contribution in [0.3, 0.4) is 0 Å². The van der Waals surface area contributed by atoms with Gasteiger partial charge < -0.3 is 20.1 Å². The number of hydrogen-bond acceptors (Lipinski definition) is 7. The largest absolute Gasteiger partial charge is 0.495 e. The molecule has 1 aromatic carbocycles. The van der Waals surface area contributed by atoms with E-state index in [0.717, 1.165) is 5.56 Å². The van der Waals surface area contributed by atoms with Crippen molar-refractivity contribution in [2.24, 2.45) is 0 Å². The maximum absolute atomic E-state index is 13.0. The summed E-state index contributed by atoms with van der Waals surface area (Å²) < 4.78 is 11.9. The van der Waals surface area contributed by atoms with E-state index in [-0.39, 0.29) is 6.61 Å². The number of ether oxygens (including phenoxy) is 2. The molecule has 0 spiro atoms. The molecular weight excluding hydrogens is 434 g/mol. The summed E-state index contributed by atoms with van der Waals surface area (Å²) in [6.07, 6.45) is 3.15. The second-order valence-electron chi connectivity index (χ2n) is 7.01. The lowest BCUT2D eigenvalue weighted by Crippen LogP contribution is -2.39. The number of fused-ring (bicyclic) bond motifs is 1. The van der Waals surface area contributed by atoms with Gasteiger partial charge in [-0.2, -0.15) is 5.10 Å². The Morgan fingerprint density at radius 3 is 2.69 bits per heavy atom. The molecule has 0 unspecified atom stereocenters. The third-order valence-electron chi connectivity index (χ3n) is 4.88. The summed E-state index contributed by atoms with van der Waals surface area (Å²) in [5.41, 5.74) is 2.41. The van der Waals surface area contributed by atoms with Crippen molar-refractivity contribution in [1.82, 2.24) is 20.1 Å². The van der Waals surface area contributed by atoms with Crippen molar-refractivity contribution in [2.75, 3.05) is 19.0 Å². The van der Waals surface area contributed by atoms with E-state index in [2.05, 4.69) is 20.7 Å². The van der Waals surface area contributed by atoms with Crippen LogP contribution in [0.5, 0.6) is 5.75 Å². The second kappa shape index (κ2) is 10.3. The van der Waals surface area contributed by atoms with Crippen molar-refractivity contribution in [3.63, 3.8) is 0 Å². The molecule has 0 saturated carbocycles. The van der Waals surface area contributed by atoms with E-state index in [1.807, 2.05) is 13.0 Å². The fourth-order valence-corrected chi connectivity index (χ4v) is 3.51. The van der Waals surface area contributed by atoms with Crippen LogP contribution in [0.25, 0.3) is 11.0 Å². The van der Waals surface area contributed by atoms with Gasteiger partial charge in [-0.05, 0) is 38.5 Å². The maximum Gasteiger partial charge on any atom is 0.328 e. The van der Waals surface area contributed by atoms with Crippen molar-refractivity contribution in [1.29, 1.82) is 0 Å². The van der Waals surface area contributed by atoms with Crippen molar-refractivity contribution >= 4 is 40.2 Å². The predicted octanol–water partition coefficient (Wildman–Crippen LogP) is 3.41. The number of rotatable bonds is 9. The van der Waals surface area contributed by atoms with Gasteiger partial charge in [-0.3, -0.25) is 4.79 Å². The molecule has 2 aromatic heterocycles. The lowest BCUT2D eigenvalue weighted by molar-refractivity contribution is -0.144. The van der Waals surface area contributed by atoms with Gasteiger partial charge in [0.05, 0.1) is 41.6 Å². The van der Waals surface area contributed by atoms with Crippen molar-refractivity contribution in [3.8, 4) is 5.75 Å². The molecule has 0 aliphatic carbocycles. The van der Waals surface area contributed by atoms with Crippen molar-refractivity contribution < 1.29 is 19.1 Å². The summed E-state index contributed by atoms with van der Waals surface area (Å²) in [6.45, 7) is 6.51. The summed E-state index contributed by atoms with van der Waals surface area (Å²) in [5.74, 6) is -0.366. The van der Waals surface area contributed by atoms with Gasteiger partial charge in [-0.1, -0.05) is 17.7 Å². The Kier molecular flexibility index (Phi) is 7.53. The molecular formula is C22H26ClN5O4. The molecule has 3 rings (SSSR count). The van der Waals surface area contributed by atoms with Crippen LogP contribution in [0.4, 0.5) is 5.69 Å². The first kappa shape index (κ1) is 23.3. The van der Waals surface area contributed by atoms with Crippen LogP contribution < -0.4 is 15.4 Å². The number of methoxy groups -OCH3 is 1. The smallest absolute Gasteiger partial charge is 0.328 e. The van der Waals surface area contributed by atoms with Crippen LogP contribution in [0.15, 0.2) is 30.6 Å². The van der Waals surface area contributed by atoms with E-state index >= 15 is 0 Å². The van der Waals surface area contributed by atoms with Gasteiger partial charge in [-0.25, -0.2) is 14.5 Å². The highest BCUT2D eigenvalue weighted by molar-refractivity contribution is 6.32. The molecule has 170 valence electrons. The van der Waals surface area contributed by atoms with Crippen LogP contribution >= 0.6 is 11.6 Å². The molecule has 10 heteroatoms. The van der Waals surface area contributed by atoms with Gasteiger partial charge in [0.25, 0.3) is 5.91 Å². The molecule has 0 fully saturated rings. The molecule has 32 heavy (non-hydrogen) atoms. The fourth-order valence-electron chi connectivity index (χ4n) is 3.23. The first-order valence-electron chi connectivity index (χ1n) is 10.3. The predicted molar refractivity (Wildman–Crippen MR) is 122 cm³/mol. The number of aromatic nitrogens is 3. The Morgan fingerprint density at radius 1 is 1.25 bits per heavy atom. The van der Waals surface area contributed by atoms with E-state index in [4.69, 9.17) is 21.1 Å². The van der Waals surface area contributed by atoms with Gasteiger partial charge in [0.1, 0.15) is 11.8 Å². The molecule has 9 nitrogen and oxygen atoms in total. The standard InChI is InChI=1S/C22H26ClN5O4/c1-5-28-20-15(12-26-28)19(24-10-14-7-8-18(31-4)17(23)9-14)16(11-25-20)21(29)27-13(3)22(30)32-6-2/h7-9,11-13H,5-6,10H2,1-4H3,(H,24,25)(H,27,29)/t13-/m0/s1. The van der Waals surface area contributed by atoms with Gasteiger partial charge in [-0.15, -0.1) is 0 Å². The Hall–Kier alpha value is -3.33. The Bertz CT molecular complexity index is 1130. The minimum absolute atomic E-state index is 0.236. The van der Waals surface area contributed by atoms with Crippen LogP contribution in [0, 0.1) is 0 Å². The van der Waals surface area contributed by atoms with E-state index in [1.54, 1.807) is 44.0 Å². The number of halogens is 1. The van der Waals surface area contributed by atoms with Crippen LogP contribution in [0.2, 0.25) is 5.02 Å². The van der Waals surface area contributed by atoms with E-state index < -0.39 is 17.9 Å². The monoisotopic (exact) mass is 459 g/mol. The number of aryl methyl sites for hydroxylation is 1. The quantitative estimate of drug-likeness (QED) is 0.472. The number of carbonyl (C=O) groups excluding carboxylic acids is 2. The molecule has 0 saturated heterocycles. The summed E-state index contributed by atoms with van der Waals surface area (Å²) in [6, 6.07) is 4.66. The third-order valence-corrected chi connectivity index (χ3v) is 5.18. The topological polar surface area (TPSA) is 107 Å². The molecule has 1 atom stereocenters. The summed E-state index contributed by atoms with van der Waals surface area (Å²) in [7, 11) is 1.56. The summed E-state index contributed by atoms with van der Waals surface area (Å²) in [5, 5.41) is 11.5. The average Bonchev–Trinajstić information content (AvgIpc) is 3.21. The molecule has 0 radical (unpaired) electrons. The first-order chi connectivity index (χ1) is 15.4. The number of nitrogens with zero attached hydrogens (tertiary/aromatic N) is 3. The highest BCUT2D eigenvalue weighted by atomic mass is 35.5. The normalized spacial score (nSPS) is 11.8. The fraction of sp³-hybridized carbons (Fsp3) is 0.364. The zero-order chi connectivity index (χ0) is 23.3. The number of nitrogens with one attached hydrogen (secondary N) is 2. The molecule has 0 aliphatic rings. The summed E-state index contributed by atoms with van der Waals surface area (Å²) >= 11 is 6.24. The van der Waals surface area contributed by atoms with Gasteiger partial charge in [0, 0.05) is 19.3 Å². The number of amides is 1. The van der Waals surface area contributed by atoms with Crippen molar-refractivity contribution in [3.05, 3.63) is 46.7 Å². The van der Waals surface area contributed by atoms with E-state index in [1.165, 1.54) is 6.20 Å². The second-order valence-corrected chi connectivity index (χ2v) is 7.42. The van der Waals surface area contributed by atoms with Crippen LogP contribution in [0.1, 0.15) is 36.7 Å². The van der Waals surface area contributed by atoms with Gasteiger partial charge in [0.15, 0.2) is 5.65 Å². The number of carbonyl (C=O) groups is 2. The molecule has 3 aromatic rings. The lowest BCUT2D eigenvalue weighted by atomic mass is 10.1. The molecule has 0 aliphatic heterocycles. The number of anilines is 1. The first-order valence-corrected chi connectivity index (χ1v) is 10.7. The molecule has 2 heterocycles. The number of esters is 1. The van der Waals surface area contributed by atoms with Gasteiger partial charge in [0.2, 0.25) is 0 Å². The number of pyridine rings is 1. The zero-order valence-electron chi connectivity index (χ0n) is 18.4. The van der Waals surface area contributed by atoms with Crippen LogP contribution in [-0.4, -0.2) is 46.4 Å². The minimum atomic E-state index is -0.801. The molecule has 2 N–H and O–H groups in total. The van der Waals surface area contributed by atoms with Gasteiger partial charge >= 0.3 is 5.97 Å². The SMILES string of the molecule is CCOC(=O)[C@H](C)NC(=O)c1cnc2c(cnn2CC)c1NCc1ccc(OC)c(Cl)c1. The maximum atomic E-state index is 13.0. The zero-order valence-corrected chi connectivity index (χ0v) is 19.2. The summed E-state index contributed by atoms with van der Waals surface area (Å²) in [4.78, 5) is 29.3. The average molecular weight is 460 g/mol. The number of benzene rings is 1. The highest BCUT2D eigenvalue weighted by Gasteiger charge is 2.22. The molecule has 1 amide bonds. The Morgan fingerprint density at radius 2 is 2.03 bits per heavy atom. The highest BCUT2D eigenvalue weighted by Crippen LogP contribution is 2.29. The van der Waals surface area contributed by atoms with E-state index in [0.29, 0.717) is 46.1 Å².